The van der Waals surface area contributed by atoms with Crippen LogP contribution in [0.2, 0.25) is 0 Å². The van der Waals surface area contributed by atoms with Crippen LogP contribution >= 0.6 is 0 Å². The Labute approximate surface area is 118 Å². The third kappa shape index (κ3) is 3.15. The van der Waals surface area contributed by atoms with Gasteiger partial charge in [0.1, 0.15) is 0 Å². The van der Waals surface area contributed by atoms with Crippen molar-refractivity contribution in [3.05, 3.63) is 35.4 Å². The van der Waals surface area contributed by atoms with Gasteiger partial charge in [-0.2, -0.15) is 0 Å². The summed E-state index contributed by atoms with van der Waals surface area (Å²) in [5, 5.41) is 3.21. The minimum atomic E-state index is -0.880. The van der Waals surface area contributed by atoms with Crippen molar-refractivity contribution in [1.82, 2.24) is 10.2 Å². The van der Waals surface area contributed by atoms with Crippen LogP contribution in [-0.4, -0.2) is 30.9 Å². The summed E-state index contributed by atoms with van der Waals surface area (Å²) >= 11 is 0. The number of halogens is 2. The Morgan fingerprint density at radius 1 is 1.40 bits per heavy atom. The summed E-state index contributed by atoms with van der Waals surface area (Å²) in [6.07, 6.45) is 1.87. The Morgan fingerprint density at radius 2 is 2.15 bits per heavy atom. The predicted molar refractivity (Wildman–Crippen MR) is 73.1 cm³/mol. The summed E-state index contributed by atoms with van der Waals surface area (Å²) in [7, 11) is 1.71. The summed E-state index contributed by atoms with van der Waals surface area (Å²) in [6.45, 7) is 3.46. The fourth-order valence-corrected chi connectivity index (χ4v) is 2.54. The van der Waals surface area contributed by atoms with E-state index in [1.807, 2.05) is 6.92 Å². The van der Waals surface area contributed by atoms with Crippen molar-refractivity contribution in [1.29, 1.82) is 0 Å². The number of hydrogen-bond acceptors (Lipinski definition) is 2. The average Bonchev–Trinajstić information content (AvgIpc) is 2.48. The first-order valence-electron chi connectivity index (χ1n) is 6.93. The maximum Gasteiger partial charge on any atom is 0.227 e. The van der Waals surface area contributed by atoms with E-state index in [0.717, 1.165) is 31.5 Å². The largest absolute Gasteiger partial charge is 0.339 e. The highest BCUT2D eigenvalue weighted by Gasteiger charge is 2.27. The molecule has 1 aliphatic heterocycles. The number of nitrogens with one attached hydrogen (secondary N) is 1. The molecule has 1 N–H and O–H groups in total. The van der Waals surface area contributed by atoms with Gasteiger partial charge in [-0.3, -0.25) is 4.79 Å². The minimum Gasteiger partial charge on any atom is -0.339 e. The molecule has 1 saturated heterocycles. The molecule has 1 aliphatic rings. The molecule has 0 aliphatic carbocycles. The van der Waals surface area contributed by atoms with Gasteiger partial charge in [-0.15, -0.1) is 0 Å². The van der Waals surface area contributed by atoms with E-state index in [1.165, 1.54) is 6.07 Å². The van der Waals surface area contributed by atoms with Gasteiger partial charge >= 0.3 is 0 Å². The van der Waals surface area contributed by atoms with E-state index in [0.29, 0.717) is 12.1 Å². The normalized spacial score (nSPS) is 20.5. The van der Waals surface area contributed by atoms with E-state index in [9.17, 15) is 13.6 Å². The van der Waals surface area contributed by atoms with E-state index in [2.05, 4.69) is 5.32 Å². The highest BCUT2D eigenvalue weighted by molar-refractivity contribution is 5.79. The monoisotopic (exact) mass is 282 g/mol. The first-order chi connectivity index (χ1) is 9.50. The van der Waals surface area contributed by atoms with Gasteiger partial charge in [0, 0.05) is 13.6 Å². The molecule has 0 aromatic heterocycles. The summed E-state index contributed by atoms with van der Waals surface area (Å²) < 4.78 is 26.2. The molecule has 1 aromatic carbocycles. The van der Waals surface area contributed by atoms with Crippen LogP contribution in [0.5, 0.6) is 0 Å². The SMILES string of the molecule is CC(c1ccc(F)c(F)c1)N(C)C(=O)C1CCCNC1. The summed E-state index contributed by atoms with van der Waals surface area (Å²) in [6, 6.07) is 3.50. The summed E-state index contributed by atoms with van der Waals surface area (Å²) in [5.74, 6) is -1.73. The molecule has 3 nitrogen and oxygen atoms in total. The Bertz CT molecular complexity index is 487. The van der Waals surface area contributed by atoms with Crippen molar-refractivity contribution in [3.63, 3.8) is 0 Å². The molecule has 2 atom stereocenters. The van der Waals surface area contributed by atoms with Gasteiger partial charge < -0.3 is 10.2 Å². The second-order valence-electron chi connectivity index (χ2n) is 5.34. The standard InChI is InChI=1S/C15H20F2N2O/c1-10(11-5-6-13(16)14(17)8-11)19(2)15(20)12-4-3-7-18-9-12/h5-6,8,10,12,18H,3-4,7,9H2,1-2H3. The van der Waals surface area contributed by atoms with Gasteiger partial charge in [-0.05, 0) is 44.0 Å². The first kappa shape index (κ1) is 14.9. The molecule has 1 amide bonds. The number of carbonyl (C=O) groups excluding carboxylic acids is 1. The van der Waals surface area contributed by atoms with Gasteiger partial charge in [0.15, 0.2) is 11.6 Å². The molecule has 1 heterocycles. The number of carbonyl (C=O) groups is 1. The van der Waals surface area contributed by atoms with Crippen molar-refractivity contribution in [2.75, 3.05) is 20.1 Å². The number of benzene rings is 1. The van der Waals surface area contributed by atoms with Crippen LogP contribution in [0.15, 0.2) is 18.2 Å². The van der Waals surface area contributed by atoms with Crippen molar-refractivity contribution in [3.8, 4) is 0 Å². The Kier molecular flexibility index (Phi) is 4.70. The Balaban J connectivity index is 2.08. The topological polar surface area (TPSA) is 32.3 Å². The van der Waals surface area contributed by atoms with Gasteiger partial charge in [0.25, 0.3) is 0 Å². The molecule has 0 spiro atoms. The molecule has 1 aromatic rings. The van der Waals surface area contributed by atoms with Crippen molar-refractivity contribution < 1.29 is 13.6 Å². The third-order valence-electron chi connectivity index (χ3n) is 4.00. The molecule has 0 radical (unpaired) electrons. The number of rotatable bonds is 3. The quantitative estimate of drug-likeness (QED) is 0.923. The molecule has 2 rings (SSSR count). The van der Waals surface area contributed by atoms with Crippen LogP contribution in [-0.2, 0) is 4.79 Å². The number of nitrogens with zero attached hydrogens (tertiary/aromatic N) is 1. The number of amides is 1. The lowest BCUT2D eigenvalue weighted by atomic mass is 9.97. The second-order valence-corrected chi connectivity index (χ2v) is 5.34. The molecule has 20 heavy (non-hydrogen) atoms. The van der Waals surface area contributed by atoms with Crippen LogP contribution in [0, 0.1) is 17.6 Å². The van der Waals surface area contributed by atoms with Gasteiger partial charge in [0.2, 0.25) is 5.91 Å². The van der Waals surface area contributed by atoms with Crippen molar-refractivity contribution in [2.24, 2.45) is 5.92 Å². The molecule has 0 bridgehead atoms. The van der Waals surface area contributed by atoms with Crippen molar-refractivity contribution in [2.45, 2.75) is 25.8 Å². The fraction of sp³-hybridized carbons (Fsp3) is 0.533. The third-order valence-corrected chi connectivity index (χ3v) is 4.00. The zero-order valence-electron chi connectivity index (χ0n) is 11.8. The van der Waals surface area contributed by atoms with E-state index in [-0.39, 0.29) is 17.9 Å². The van der Waals surface area contributed by atoms with Crippen molar-refractivity contribution >= 4 is 5.91 Å². The number of piperidine rings is 1. The van der Waals surface area contributed by atoms with Gasteiger partial charge in [0.05, 0.1) is 12.0 Å². The molecule has 0 saturated carbocycles. The molecule has 2 unspecified atom stereocenters. The van der Waals surface area contributed by atoms with Crippen LogP contribution in [0.3, 0.4) is 0 Å². The van der Waals surface area contributed by atoms with E-state index in [4.69, 9.17) is 0 Å². The maximum absolute atomic E-state index is 13.3. The van der Waals surface area contributed by atoms with E-state index >= 15 is 0 Å². The van der Waals surface area contributed by atoms with Crippen LogP contribution < -0.4 is 5.32 Å². The molecular weight excluding hydrogens is 262 g/mol. The van der Waals surface area contributed by atoms with E-state index < -0.39 is 11.6 Å². The average molecular weight is 282 g/mol. The smallest absolute Gasteiger partial charge is 0.227 e. The lowest BCUT2D eigenvalue weighted by Crippen LogP contribution is -2.42. The zero-order valence-corrected chi connectivity index (χ0v) is 11.8. The van der Waals surface area contributed by atoms with Crippen LogP contribution in [0.4, 0.5) is 8.78 Å². The molecular formula is C15H20F2N2O. The molecule has 1 fully saturated rings. The first-order valence-corrected chi connectivity index (χ1v) is 6.93. The fourth-order valence-electron chi connectivity index (χ4n) is 2.54. The van der Waals surface area contributed by atoms with Gasteiger partial charge in [-0.25, -0.2) is 8.78 Å². The molecule has 110 valence electrons. The second kappa shape index (κ2) is 6.31. The maximum atomic E-state index is 13.3. The Hall–Kier alpha value is -1.49. The highest BCUT2D eigenvalue weighted by Crippen LogP contribution is 2.24. The van der Waals surface area contributed by atoms with Crippen LogP contribution in [0.25, 0.3) is 0 Å². The lowest BCUT2D eigenvalue weighted by molar-refractivity contribution is -0.136. The van der Waals surface area contributed by atoms with Gasteiger partial charge in [-0.1, -0.05) is 6.07 Å². The number of hydrogen-bond donors (Lipinski definition) is 1. The minimum absolute atomic E-state index is 0.0264. The summed E-state index contributed by atoms with van der Waals surface area (Å²) in [4.78, 5) is 14.0. The van der Waals surface area contributed by atoms with Crippen LogP contribution in [0.1, 0.15) is 31.4 Å². The Morgan fingerprint density at radius 3 is 2.75 bits per heavy atom. The predicted octanol–water partition coefficient (Wildman–Crippen LogP) is 2.48. The summed E-state index contributed by atoms with van der Waals surface area (Å²) in [5.41, 5.74) is 0.600. The molecule has 5 heteroatoms. The zero-order chi connectivity index (χ0) is 14.7. The highest BCUT2D eigenvalue weighted by atomic mass is 19.2. The lowest BCUT2D eigenvalue weighted by Gasteiger charge is -2.31. The van der Waals surface area contributed by atoms with E-state index in [1.54, 1.807) is 11.9 Å².